The predicted molar refractivity (Wildman–Crippen MR) is 72.9 cm³/mol. The molecular formula is C12H20N2O5S. The molecular weight excluding hydrogens is 284 g/mol. The van der Waals surface area contributed by atoms with E-state index in [1.54, 1.807) is 7.05 Å². The minimum Gasteiger partial charge on any atom is -0.455 e. The topological polar surface area (TPSA) is 103 Å². The molecule has 1 heterocycles. The molecule has 0 atom stereocenters. The van der Waals surface area contributed by atoms with E-state index < -0.39 is 15.9 Å². The molecule has 0 bridgehead atoms. The molecule has 0 radical (unpaired) electrons. The number of hydrogen-bond acceptors (Lipinski definition) is 5. The first kappa shape index (κ1) is 16.7. The quantitative estimate of drug-likeness (QED) is 0.834. The molecule has 1 rings (SSSR count). The average molecular weight is 304 g/mol. The minimum atomic E-state index is -3.89. The van der Waals surface area contributed by atoms with Crippen LogP contribution in [0.5, 0.6) is 0 Å². The fraction of sp³-hybridized carbons (Fsp3) is 0.583. The molecule has 0 aliphatic rings. The zero-order valence-corrected chi connectivity index (χ0v) is 12.9. The maximum Gasteiger partial charge on any atom is 0.289 e. The van der Waals surface area contributed by atoms with E-state index in [4.69, 9.17) is 14.3 Å². The normalized spacial score (nSPS) is 11.9. The van der Waals surface area contributed by atoms with Gasteiger partial charge in [0.05, 0.1) is 12.7 Å². The molecule has 0 saturated carbocycles. The van der Waals surface area contributed by atoms with Crippen LogP contribution in [0.15, 0.2) is 15.4 Å². The highest BCUT2D eigenvalue weighted by molar-refractivity contribution is 7.89. The summed E-state index contributed by atoms with van der Waals surface area (Å²) < 4.78 is 33.1. The van der Waals surface area contributed by atoms with E-state index in [-0.39, 0.29) is 22.5 Å². The third-order valence-corrected chi connectivity index (χ3v) is 3.63. The number of likely N-dealkylation sites (N-methyl/N-ethyl adjacent to an activating group) is 1. The third-order valence-electron chi connectivity index (χ3n) is 2.61. The van der Waals surface area contributed by atoms with Crippen LogP contribution in [0.2, 0.25) is 0 Å². The van der Waals surface area contributed by atoms with Crippen molar-refractivity contribution in [1.82, 2.24) is 4.90 Å². The van der Waals surface area contributed by atoms with Crippen molar-refractivity contribution >= 4 is 15.9 Å². The van der Waals surface area contributed by atoms with E-state index in [0.717, 1.165) is 6.07 Å². The van der Waals surface area contributed by atoms with Crippen LogP contribution in [0.4, 0.5) is 0 Å². The number of rotatable bonds is 6. The Bertz CT molecular complexity index is 577. The number of hydrogen-bond donors (Lipinski definition) is 1. The monoisotopic (exact) mass is 304 g/mol. The highest BCUT2D eigenvalue weighted by Gasteiger charge is 2.22. The molecule has 0 spiro atoms. The molecule has 0 aromatic carbocycles. The van der Waals surface area contributed by atoms with Gasteiger partial charge in [-0.2, -0.15) is 0 Å². The number of amides is 1. The lowest BCUT2D eigenvalue weighted by molar-refractivity contribution is 0.0515. The standard InChI is InChI=1S/C12H20N2O5S/c1-8(2)18-6-5-14(4)12(15)10-7-11(9(3)19-10)20(13,16)17/h7-8H,5-6H2,1-4H3,(H2,13,16,17). The molecule has 20 heavy (non-hydrogen) atoms. The van der Waals surface area contributed by atoms with Gasteiger partial charge < -0.3 is 14.1 Å². The molecule has 8 heteroatoms. The van der Waals surface area contributed by atoms with Crippen molar-refractivity contribution in [1.29, 1.82) is 0 Å². The Morgan fingerprint density at radius 1 is 1.50 bits per heavy atom. The summed E-state index contributed by atoms with van der Waals surface area (Å²) in [6.07, 6.45) is 0.0818. The number of nitrogens with zero attached hydrogens (tertiary/aromatic N) is 1. The molecule has 114 valence electrons. The molecule has 1 aromatic rings. The number of primary sulfonamides is 1. The van der Waals surface area contributed by atoms with Gasteiger partial charge in [-0.1, -0.05) is 0 Å². The average Bonchev–Trinajstić information content (AvgIpc) is 2.69. The summed E-state index contributed by atoms with van der Waals surface area (Å²) in [6.45, 7) is 6.01. The summed E-state index contributed by atoms with van der Waals surface area (Å²) in [7, 11) is -2.31. The van der Waals surface area contributed by atoms with Crippen LogP contribution in [0, 0.1) is 6.92 Å². The van der Waals surface area contributed by atoms with Crippen LogP contribution in [0.25, 0.3) is 0 Å². The van der Waals surface area contributed by atoms with Crippen LogP contribution in [-0.4, -0.2) is 45.5 Å². The Morgan fingerprint density at radius 2 is 2.10 bits per heavy atom. The second-order valence-corrected chi connectivity index (χ2v) is 6.25. The van der Waals surface area contributed by atoms with Crippen LogP contribution in [-0.2, 0) is 14.8 Å². The molecule has 0 fully saturated rings. The van der Waals surface area contributed by atoms with Crippen molar-refractivity contribution < 1.29 is 22.4 Å². The van der Waals surface area contributed by atoms with E-state index in [9.17, 15) is 13.2 Å². The Kier molecular flexibility index (Phi) is 5.32. The van der Waals surface area contributed by atoms with Gasteiger partial charge in [0, 0.05) is 19.7 Å². The van der Waals surface area contributed by atoms with Crippen molar-refractivity contribution in [3.63, 3.8) is 0 Å². The van der Waals surface area contributed by atoms with Crippen LogP contribution in [0.1, 0.15) is 30.2 Å². The van der Waals surface area contributed by atoms with Crippen molar-refractivity contribution in [2.45, 2.75) is 31.8 Å². The number of carbonyl (C=O) groups is 1. The number of sulfonamides is 1. The molecule has 0 saturated heterocycles. The second kappa shape index (κ2) is 6.38. The number of carbonyl (C=O) groups excluding carboxylic acids is 1. The lowest BCUT2D eigenvalue weighted by atomic mass is 10.4. The van der Waals surface area contributed by atoms with Gasteiger partial charge in [-0.3, -0.25) is 4.79 Å². The van der Waals surface area contributed by atoms with E-state index >= 15 is 0 Å². The van der Waals surface area contributed by atoms with Gasteiger partial charge in [0.15, 0.2) is 5.76 Å². The van der Waals surface area contributed by atoms with Crippen molar-refractivity contribution in [3.05, 3.63) is 17.6 Å². The summed E-state index contributed by atoms with van der Waals surface area (Å²) in [5.74, 6) is -0.378. The SMILES string of the molecule is Cc1oc(C(=O)N(C)CCOC(C)C)cc1S(N)(=O)=O. The van der Waals surface area contributed by atoms with Crippen LogP contribution >= 0.6 is 0 Å². The van der Waals surface area contributed by atoms with Crippen LogP contribution < -0.4 is 5.14 Å². The summed E-state index contributed by atoms with van der Waals surface area (Å²) in [5, 5.41) is 5.03. The summed E-state index contributed by atoms with van der Waals surface area (Å²) in [5.41, 5.74) is 0. The number of nitrogens with two attached hydrogens (primary N) is 1. The minimum absolute atomic E-state index is 0.0569. The van der Waals surface area contributed by atoms with Gasteiger partial charge in [-0.05, 0) is 20.8 Å². The van der Waals surface area contributed by atoms with Gasteiger partial charge in [-0.15, -0.1) is 0 Å². The molecule has 7 nitrogen and oxygen atoms in total. The largest absolute Gasteiger partial charge is 0.455 e. The highest BCUT2D eigenvalue weighted by Crippen LogP contribution is 2.19. The van der Waals surface area contributed by atoms with Gasteiger partial charge >= 0.3 is 0 Å². The fourth-order valence-electron chi connectivity index (χ4n) is 1.57. The first-order valence-corrected chi connectivity index (χ1v) is 7.68. The Morgan fingerprint density at radius 3 is 2.55 bits per heavy atom. The van der Waals surface area contributed by atoms with E-state index in [1.807, 2.05) is 13.8 Å². The van der Waals surface area contributed by atoms with Gasteiger partial charge in [0.25, 0.3) is 5.91 Å². The van der Waals surface area contributed by atoms with Gasteiger partial charge in [0.1, 0.15) is 10.7 Å². The van der Waals surface area contributed by atoms with Crippen molar-refractivity contribution in [3.8, 4) is 0 Å². The zero-order chi connectivity index (χ0) is 15.5. The predicted octanol–water partition coefficient (Wildman–Crippen LogP) is 0.732. The maximum atomic E-state index is 12.1. The Balaban J connectivity index is 2.78. The number of aryl methyl sites for hydroxylation is 1. The molecule has 1 aromatic heterocycles. The summed E-state index contributed by atoms with van der Waals surface area (Å²) in [4.78, 5) is 13.3. The first-order valence-electron chi connectivity index (χ1n) is 6.13. The van der Waals surface area contributed by atoms with Gasteiger partial charge in [-0.25, -0.2) is 13.6 Å². The van der Waals surface area contributed by atoms with Crippen LogP contribution in [0.3, 0.4) is 0 Å². The molecule has 0 aliphatic heterocycles. The highest BCUT2D eigenvalue weighted by atomic mass is 32.2. The molecule has 0 aliphatic carbocycles. The number of furan rings is 1. The van der Waals surface area contributed by atoms with Crippen molar-refractivity contribution in [2.24, 2.45) is 5.14 Å². The lowest BCUT2D eigenvalue weighted by Gasteiger charge is -2.16. The Hall–Kier alpha value is -1.38. The zero-order valence-electron chi connectivity index (χ0n) is 12.0. The van der Waals surface area contributed by atoms with Gasteiger partial charge in [0.2, 0.25) is 10.0 Å². The first-order chi connectivity index (χ1) is 9.12. The molecule has 0 unspecified atom stereocenters. The van der Waals surface area contributed by atoms with Crippen molar-refractivity contribution in [2.75, 3.05) is 20.2 Å². The smallest absolute Gasteiger partial charge is 0.289 e. The molecule has 2 N–H and O–H groups in total. The number of ether oxygens (including phenoxy) is 1. The maximum absolute atomic E-state index is 12.1. The fourth-order valence-corrected chi connectivity index (χ4v) is 2.28. The van der Waals surface area contributed by atoms with E-state index in [2.05, 4.69) is 0 Å². The Labute approximate surface area is 118 Å². The molecule has 1 amide bonds. The summed E-state index contributed by atoms with van der Waals surface area (Å²) >= 11 is 0. The second-order valence-electron chi connectivity index (χ2n) is 4.72. The van der Waals surface area contributed by atoms with E-state index in [0.29, 0.717) is 13.2 Å². The third kappa shape index (κ3) is 4.32. The van der Waals surface area contributed by atoms with E-state index in [1.165, 1.54) is 11.8 Å². The lowest BCUT2D eigenvalue weighted by Crippen LogP contribution is -2.30. The summed E-state index contributed by atoms with van der Waals surface area (Å²) in [6, 6.07) is 1.15.